The van der Waals surface area contributed by atoms with E-state index in [2.05, 4.69) is 15.4 Å². The van der Waals surface area contributed by atoms with Gasteiger partial charge in [0.1, 0.15) is 16.5 Å². The fraction of sp³-hybridized carbons (Fsp3) is 0.188. The molecule has 3 rings (SSSR count). The van der Waals surface area contributed by atoms with Crippen molar-refractivity contribution in [2.24, 2.45) is 0 Å². The number of halogens is 3. The van der Waals surface area contributed by atoms with Crippen molar-refractivity contribution in [3.63, 3.8) is 0 Å². The van der Waals surface area contributed by atoms with Crippen LogP contribution in [0, 0.1) is 0 Å². The van der Waals surface area contributed by atoms with Crippen LogP contribution in [0.25, 0.3) is 16.8 Å². The van der Waals surface area contributed by atoms with E-state index in [0.29, 0.717) is 27.0 Å². The summed E-state index contributed by atoms with van der Waals surface area (Å²) in [7, 11) is 0. The standard InChI is InChI=1S/C16H13Cl3N4O2/c1-7(2)21-15-12(9-4-3-8(17)5-11(9)18)13(19)22-14-10(16(24)25)6-20-23(14)15/h3-7,21H,1-2H3,(H,24,25). The van der Waals surface area contributed by atoms with Gasteiger partial charge < -0.3 is 10.4 Å². The molecule has 2 heterocycles. The molecular formula is C16H13Cl3N4O2. The van der Waals surface area contributed by atoms with Gasteiger partial charge in [0.05, 0.1) is 16.8 Å². The van der Waals surface area contributed by atoms with Gasteiger partial charge in [0.2, 0.25) is 0 Å². The second kappa shape index (κ2) is 6.71. The number of anilines is 1. The molecule has 0 amide bonds. The number of rotatable bonds is 4. The van der Waals surface area contributed by atoms with Gasteiger partial charge in [-0.25, -0.2) is 9.78 Å². The first-order chi connectivity index (χ1) is 11.8. The third-order valence-corrected chi connectivity index (χ3v) is 4.28. The monoisotopic (exact) mass is 398 g/mol. The predicted molar refractivity (Wildman–Crippen MR) is 99.2 cm³/mol. The number of carboxylic acid groups (broad SMARTS) is 1. The summed E-state index contributed by atoms with van der Waals surface area (Å²) in [5.41, 5.74) is 1.24. The summed E-state index contributed by atoms with van der Waals surface area (Å²) >= 11 is 18.7. The van der Waals surface area contributed by atoms with Crippen LogP contribution in [-0.4, -0.2) is 31.7 Å². The lowest BCUT2D eigenvalue weighted by Gasteiger charge is -2.18. The van der Waals surface area contributed by atoms with Crippen LogP contribution in [0.15, 0.2) is 24.4 Å². The summed E-state index contributed by atoms with van der Waals surface area (Å²) < 4.78 is 1.41. The lowest BCUT2D eigenvalue weighted by molar-refractivity contribution is 0.0699. The van der Waals surface area contributed by atoms with E-state index in [0.717, 1.165) is 0 Å². The summed E-state index contributed by atoms with van der Waals surface area (Å²) in [5, 5.41) is 17.7. The summed E-state index contributed by atoms with van der Waals surface area (Å²) in [6, 6.07) is 5.05. The minimum Gasteiger partial charge on any atom is -0.477 e. The summed E-state index contributed by atoms with van der Waals surface area (Å²) in [6.07, 6.45) is 1.24. The van der Waals surface area contributed by atoms with Crippen molar-refractivity contribution in [1.82, 2.24) is 14.6 Å². The summed E-state index contributed by atoms with van der Waals surface area (Å²) in [5.74, 6) is -0.631. The van der Waals surface area contributed by atoms with E-state index < -0.39 is 5.97 Å². The average molecular weight is 400 g/mol. The first kappa shape index (κ1) is 17.8. The van der Waals surface area contributed by atoms with Crippen LogP contribution in [0.2, 0.25) is 15.2 Å². The number of aromatic carboxylic acids is 1. The predicted octanol–water partition coefficient (Wildman–Crippen LogP) is 4.88. The van der Waals surface area contributed by atoms with E-state index in [9.17, 15) is 9.90 Å². The van der Waals surface area contributed by atoms with E-state index in [1.165, 1.54) is 10.7 Å². The molecule has 130 valence electrons. The Kier molecular flexibility index (Phi) is 4.77. The molecule has 0 atom stereocenters. The molecule has 6 nitrogen and oxygen atoms in total. The molecule has 0 saturated heterocycles. The number of hydrogen-bond donors (Lipinski definition) is 2. The molecule has 0 aliphatic carbocycles. The van der Waals surface area contributed by atoms with Crippen molar-refractivity contribution >= 4 is 52.2 Å². The zero-order valence-corrected chi connectivity index (χ0v) is 15.5. The summed E-state index contributed by atoms with van der Waals surface area (Å²) in [6.45, 7) is 3.88. The van der Waals surface area contributed by atoms with Gasteiger partial charge in [0.15, 0.2) is 5.65 Å². The Morgan fingerprint density at radius 1 is 1.28 bits per heavy atom. The number of nitrogens with one attached hydrogen (secondary N) is 1. The highest BCUT2D eigenvalue weighted by molar-refractivity contribution is 6.38. The molecule has 3 aromatic rings. The zero-order chi connectivity index (χ0) is 18.3. The second-order valence-electron chi connectivity index (χ2n) is 5.65. The van der Waals surface area contributed by atoms with E-state index in [1.54, 1.807) is 18.2 Å². The van der Waals surface area contributed by atoms with Crippen molar-refractivity contribution < 1.29 is 9.90 Å². The third-order valence-electron chi connectivity index (χ3n) is 3.46. The fourth-order valence-electron chi connectivity index (χ4n) is 2.45. The molecule has 1 aromatic carbocycles. The number of carboxylic acids is 1. The number of fused-ring (bicyclic) bond motifs is 1. The number of carbonyl (C=O) groups is 1. The average Bonchev–Trinajstić information content (AvgIpc) is 2.92. The molecule has 0 fully saturated rings. The Bertz CT molecular complexity index is 985. The van der Waals surface area contributed by atoms with Gasteiger partial charge in [0, 0.05) is 16.6 Å². The Morgan fingerprint density at radius 2 is 2.00 bits per heavy atom. The van der Waals surface area contributed by atoms with Crippen LogP contribution in [0.3, 0.4) is 0 Å². The second-order valence-corrected chi connectivity index (χ2v) is 6.85. The molecule has 0 aliphatic rings. The Balaban J connectivity index is 2.37. The third kappa shape index (κ3) is 3.25. The highest BCUT2D eigenvalue weighted by atomic mass is 35.5. The molecule has 0 spiro atoms. The maximum absolute atomic E-state index is 11.4. The maximum Gasteiger partial charge on any atom is 0.341 e. The van der Waals surface area contributed by atoms with Crippen LogP contribution in [0.5, 0.6) is 0 Å². The van der Waals surface area contributed by atoms with Crippen LogP contribution < -0.4 is 5.32 Å². The van der Waals surface area contributed by atoms with Crippen molar-refractivity contribution in [2.45, 2.75) is 19.9 Å². The Morgan fingerprint density at radius 3 is 2.60 bits per heavy atom. The van der Waals surface area contributed by atoms with E-state index in [-0.39, 0.29) is 22.4 Å². The Labute approximate surface area is 158 Å². The van der Waals surface area contributed by atoms with Crippen molar-refractivity contribution in [3.8, 4) is 11.1 Å². The molecule has 0 aliphatic heterocycles. The maximum atomic E-state index is 11.4. The van der Waals surface area contributed by atoms with Gasteiger partial charge in [-0.05, 0) is 26.0 Å². The minimum atomic E-state index is -1.13. The molecule has 2 aromatic heterocycles. The van der Waals surface area contributed by atoms with E-state index >= 15 is 0 Å². The molecule has 25 heavy (non-hydrogen) atoms. The van der Waals surface area contributed by atoms with Gasteiger partial charge in [-0.15, -0.1) is 0 Å². The number of aromatic nitrogens is 3. The zero-order valence-electron chi connectivity index (χ0n) is 13.2. The molecule has 0 unspecified atom stereocenters. The molecule has 0 radical (unpaired) electrons. The molecule has 0 saturated carbocycles. The number of hydrogen-bond acceptors (Lipinski definition) is 4. The van der Waals surface area contributed by atoms with Crippen LogP contribution in [0.4, 0.5) is 5.82 Å². The molecular weight excluding hydrogens is 387 g/mol. The largest absolute Gasteiger partial charge is 0.477 e. The highest BCUT2D eigenvalue weighted by Crippen LogP contribution is 2.39. The summed E-state index contributed by atoms with van der Waals surface area (Å²) in [4.78, 5) is 15.6. The van der Waals surface area contributed by atoms with E-state index in [4.69, 9.17) is 34.8 Å². The smallest absolute Gasteiger partial charge is 0.341 e. The number of nitrogens with zero attached hydrogens (tertiary/aromatic N) is 3. The lowest BCUT2D eigenvalue weighted by atomic mass is 10.1. The van der Waals surface area contributed by atoms with Crippen LogP contribution in [0.1, 0.15) is 24.2 Å². The Hall–Kier alpha value is -2.02. The first-order valence-electron chi connectivity index (χ1n) is 7.32. The number of benzene rings is 1. The van der Waals surface area contributed by atoms with Crippen molar-refractivity contribution in [1.29, 1.82) is 0 Å². The normalized spacial score (nSPS) is 11.3. The van der Waals surface area contributed by atoms with Crippen LogP contribution >= 0.6 is 34.8 Å². The van der Waals surface area contributed by atoms with Gasteiger partial charge in [-0.3, -0.25) is 0 Å². The van der Waals surface area contributed by atoms with Gasteiger partial charge in [-0.2, -0.15) is 9.61 Å². The van der Waals surface area contributed by atoms with Crippen LogP contribution in [-0.2, 0) is 0 Å². The molecule has 9 heteroatoms. The topological polar surface area (TPSA) is 79.5 Å². The van der Waals surface area contributed by atoms with E-state index in [1.807, 2.05) is 13.8 Å². The van der Waals surface area contributed by atoms with Crippen molar-refractivity contribution in [3.05, 3.63) is 45.2 Å². The quantitative estimate of drug-likeness (QED) is 0.612. The molecule has 2 N–H and O–H groups in total. The van der Waals surface area contributed by atoms with Gasteiger partial charge >= 0.3 is 5.97 Å². The SMILES string of the molecule is CC(C)Nc1c(-c2ccc(Cl)cc2Cl)c(Cl)nc2c(C(=O)O)cnn12. The van der Waals surface area contributed by atoms with Gasteiger partial charge in [-0.1, -0.05) is 40.9 Å². The lowest BCUT2D eigenvalue weighted by Crippen LogP contribution is -2.15. The molecule has 0 bridgehead atoms. The first-order valence-corrected chi connectivity index (χ1v) is 8.45. The minimum absolute atomic E-state index is 0.0315. The van der Waals surface area contributed by atoms with Gasteiger partial charge in [0.25, 0.3) is 0 Å². The fourth-order valence-corrected chi connectivity index (χ4v) is 3.23. The highest BCUT2D eigenvalue weighted by Gasteiger charge is 2.23. The van der Waals surface area contributed by atoms with Crippen molar-refractivity contribution in [2.75, 3.05) is 5.32 Å².